The lowest BCUT2D eigenvalue weighted by Gasteiger charge is -2.09. The Hall–Kier alpha value is -2.87. The highest BCUT2D eigenvalue weighted by Crippen LogP contribution is 2.13. The molecule has 0 N–H and O–H groups in total. The molecule has 22 heavy (non-hydrogen) atoms. The molecule has 1 aliphatic rings. The van der Waals surface area contributed by atoms with Gasteiger partial charge in [0.2, 0.25) is 0 Å². The van der Waals surface area contributed by atoms with Gasteiger partial charge in [-0.2, -0.15) is 5.26 Å². The van der Waals surface area contributed by atoms with Crippen LogP contribution in [0.4, 0.5) is 0 Å². The minimum atomic E-state index is -0.488. The second-order valence-corrected chi connectivity index (χ2v) is 5.20. The monoisotopic (exact) mass is 293 g/mol. The number of nitrogens with zero attached hydrogens (tertiary/aromatic N) is 3. The van der Waals surface area contributed by atoms with Crippen molar-refractivity contribution in [3.8, 4) is 6.07 Å². The maximum absolute atomic E-state index is 12.4. The molecular formula is C17H15N3O2. The van der Waals surface area contributed by atoms with Gasteiger partial charge in [-0.3, -0.25) is 13.9 Å². The van der Waals surface area contributed by atoms with Crippen molar-refractivity contribution >= 4 is 6.08 Å². The molecule has 1 aromatic heterocycles. The zero-order valence-corrected chi connectivity index (χ0v) is 12.0. The van der Waals surface area contributed by atoms with Gasteiger partial charge in [0.05, 0.1) is 0 Å². The first-order valence-electron chi connectivity index (χ1n) is 7.20. The fourth-order valence-electron chi connectivity index (χ4n) is 2.77. The van der Waals surface area contributed by atoms with Crippen LogP contribution in [0.25, 0.3) is 6.08 Å². The number of benzene rings is 1. The van der Waals surface area contributed by atoms with Gasteiger partial charge in [-0.1, -0.05) is 42.5 Å². The fraction of sp³-hybridized carbons (Fsp3) is 0.235. The molecule has 110 valence electrons. The van der Waals surface area contributed by atoms with Gasteiger partial charge >= 0.3 is 5.69 Å². The SMILES string of the molecule is N#Cc1c2n(c(=O)n(C/C=C/c3ccccc3)c1=O)CCC2. The Kier molecular flexibility index (Phi) is 3.75. The largest absolute Gasteiger partial charge is 0.331 e. The minimum absolute atomic E-state index is 0.102. The first-order chi connectivity index (χ1) is 10.7. The summed E-state index contributed by atoms with van der Waals surface area (Å²) in [6, 6.07) is 11.6. The minimum Gasteiger partial charge on any atom is -0.296 e. The summed E-state index contributed by atoms with van der Waals surface area (Å²) in [5.74, 6) is 0. The van der Waals surface area contributed by atoms with Crippen LogP contribution in [-0.4, -0.2) is 9.13 Å². The third-order valence-corrected chi connectivity index (χ3v) is 3.84. The van der Waals surface area contributed by atoms with Gasteiger partial charge in [-0.15, -0.1) is 0 Å². The molecule has 0 saturated heterocycles. The molecule has 2 heterocycles. The van der Waals surface area contributed by atoms with E-state index in [4.69, 9.17) is 0 Å². The lowest BCUT2D eigenvalue weighted by molar-refractivity contribution is 0.608. The van der Waals surface area contributed by atoms with Crippen LogP contribution in [0.1, 0.15) is 23.2 Å². The highest BCUT2D eigenvalue weighted by molar-refractivity contribution is 5.48. The van der Waals surface area contributed by atoms with E-state index < -0.39 is 5.56 Å². The van der Waals surface area contributed by atoms with Crippen LogP contribution in [0, 0.1) is 11.3 Å². The summed E-state index contributed by atoms with van der Waals surface area (Å²) in [5, 5.41) is 9.20. The first-order valence-corrected chi connectivity index (χ1v) is 7.20. The van der Waals surface area contributed by atoms with Crippen LogP contribution in [-0.2, 0) is 19.5 Å². The maximum atomic E-state index is 12.4. The quantitative estimate of drug-likeness (QED) is 0.862. The summed E-state index contributed by atoms with van der Waals surface area (Å²) in [6.45, 7) is 0.743. The number of aromatic nitrogens is 2. The molecule has 5 nitrogen and oxygen atoms in total. The van der Waals surface area contributed by atoms with Gasteiger partial charge in [-0.05, 0) is 18.4 Å². The number of allylic oxidation sites excluding steroid dienone is 1. The molecule has 2 aromatic rings. The van der Waals surface area contributed by atoms with Crippen molar-refractivity contribution in [2.24, 2.45) is 0 Å². The maximum Gasteiger partial charge on any atom is 0.331 e. The molecule has 5 heteroatoms. The Labute approximate surface area is 127 Å². The van der Waals surface area contributed by atoms with Gasteiger partial charge in [0.1, 0.15) is 11.6 Å². The van der Waals surface area contributed by atoms with E-state index in [0.717, 1.165) is 16.6 Å². The number of hydrogen-bond acceptors (Lipinski definition) is 3. The van der Waals surface area contributed by atoms with Gasteiger partial charge in [0.15, 0.2) is 0 Å². The van der Waals surface area contributed by atoms with Crippen molar-refractivity contribution < 1.29 is 0 Å². The molecule has 0 saturated carbocycles. The zero-order valence-electron chi connectivity index (χ0n) is 12.0. The summed E-state index contributed by atoms with van der Waals surface area (Å²) in [4.78, 5) is 24.7. The summed E-state index contributed by atoms with van der Waals surface area (Å²) >= 11 is 0. The molecule has 1 aliphatic heterocycles. The lowest BCUT2D eigenvalue weighted by atomic mass is 10.2. The number of fused-ring (bicyclic) bond motifs is 1. The van der Waals surface area contributed by atoms with Crippen LogP contribution in [0.3, 0.4) is 0 Å². The smallest absolute Gasteiger partial charge is 0.296 e. The molecular weight excluding hydrogens is 278 g/mol. The number of rotatable bonds is 3. The van der Waals surface area contributed by atoms with Crippen molar-refractivity contribution in [1.29, 1.82) is 5.26 Å². The van der Waals surface area contributed by atoms with Gasteiger partial charge in [0.25, 0.3) is 5.56 Å². The Morgan fingerprint density at radius 1 is 1.23 bits per heavy atom. The molecule has 0 aliphatic carbocycles. The highest BCUT2D eigenvalue weighted by Gasteiger charge is 2.21. The Morgan fingerprint density at radius 3 is 2.73 bits per heavy atom. The second kappa shape index (κ2) is 5.86. The predicted molar refractivity (Wildman–Crippen MR) is 83.5 cm³/mol. The van der Waals surface area contributed by atoms with Crippen LogP contribution in [0.2, 0.25) is 0 Å². The summed E-state index contributed by atoms with van der Waals surface area (Å²) in [7, 11) is 0. The topological polar surface area (TPSA) is 67.8 Å². The van der Waals surface area contributed by atoms with Crippen molar-refractivity contribution in [3.05, 3.63) is 74.1 Å². The van der Waals surface area contributed by atoms with E-state index in [2.05, 4.69) is 0 Å². The zero-order chi connectivity index (χ0) is 15.5. The van der Waals surface area contributed by atoms with Gasteiger partial charge in [-0.25, -0.2) is 4.79 Å². The van der Waals surface area contributed by atoms with Crippen molar-refractivity contribution in [3.63, 3.8) is 0 Å². The van der Waals surface area contributed by atoms with Gasteiger partial charge in [0, 0.05) is 18.8 Å². The molecule has 0 spiro atoms. The fourth-order valence-corrected chi connectivity index (χ4v) is 2.77. The van der Waals surface area contributed by atoms with Crippen molar-refractivity contribution in [1.82, 2.24) is 9.13 Å². The average Bonchev–Trinajstić information content (AvgIpc) is 3.02. The Morgan fingerprint density at radius 2 is 2.00 bits per heavy atom. The van der Waals surface area contributed by atoms with E-state index in [9.17, 15) is 14.9 Å². The molecule has 0 amide bonds. The van der Waals surface area contributed by atoms with Crippen LogP contribution >= 0.6 is 0 Å². The predicted octanol–water partition coefficient (Wildman–Crippen LogP) is 1.54. The third-order valence-electron chi connectivity index (χ3n) is 3.84. The van der Waals surface area contributed by atoms with E-state index in [1.165, 1.54) is 0 Å². The Balaban J connectivity index is 1.99. The van der Waals surface area contributed by atoms with Crippen molar-refractivity contribution in [2.75, 3.05) is 0 Å². The molecule has 0 fully saturated rings. The molecule has 0 bridgehead atoms. The molecule has 1 aromatic carbocycles. The number of nitriles is 1. The highest BCUT2D eigenvalue weighted by atomic mass is 16.2. The van der Waals surface area contributed by atoms with E-state index in [0.29, 0.717) is 18.7 Å². The second-order valence-electron chi connectivity index (χ2n) is 5.20. The summed E-state index contributed by atoms with van der Waals surface area (Å²) in [6.07, 6.45) is 5.04. The third kappa shape index (κ3) is 2.40. The van der Waals surface area contributed by atoms with Crippen LogP contribution < -0.4 is 11.2 Å². The van der Waals surface area contributed by atoms with Crippen molar-refractivity contribution in [2.45, 2.75) is 25.9 Å². The van der Waals surface area contributed by atoms with E-state index >= 15 is 0 Å². The van der Waals surface area contributed by atoms with E-state index in [1.54, 1.807) is 10.6 Å². The average molecular weight is 293 g/mol. The van der Waals surface area contributed by atoms with Crippen LogP contribution in [0.15, 0.2) is 46.0 Å². The van der Waals surface area contributed by atoms with E-state index in [-0.39, 0.29) is 17.8 Å². The van der Waals surface area contributed by atoms with Gasteiger partial charge < -0.3 is 0 Å². The summed E-state index contributed by atoms with van der Waals surface area (Å²) in [5.41, 5.74) is 0.871. The molecule has 0 unspecified atom stereocenters. The normalized spacial score (nSPS) is 13.2. The molecule has 3 rings (SSSR count). The van der Waals surface area contributed by atoms with E-state index in [1.807, 2.05) is 42.5 Å². The number of hydrogen-bond donors (Lipinski definition) is 0. The molecule has 0 atom stereocenters. The standard InChI is InChI=1S/C17H15N3O2/c18-12-14-15-9-5-10-19(15)17(22)20(16(14)21)11-4-8-13-6-2-1-3-7-13/h1-4,6-8H,5,9-11H2/b8-4+. The Bertz CT molecular complexity index is 883. The van der Waals surface area contributed by atoms with Crippen LogP contribution in [0.5, 0.6) is 0 Å². The lowest BCUT2D eigenvalue weighted by Crippen LogP contribution is -2.41. The summed E-state index contributed by atoms with van der Waals surface area (Å²) < 4.78 is 2.68. The molecule has 0 radical (unpaired) electrons. The first kappa shape index (κ1) is 14.1.